The van der Waals surface area contributed by atoms with Gasteiger partial charge in [-0.25, -0.2) is 4.98 Å². The highest BCUT2D eigenvalue weighted by atomic mass is 32.1. The van der Waals surface area contributed by atoms with Crippen LogP contribution in [0.15, 0.2) is 42.7 Å². The smallest absolute Gasteiger partial charge is 0.262 e. The van der Waals surface area contributed by atoms with Gasteiger partial charge in [0, 0.05) is 23.9 Å². The van der Waals surface area contributed by atoms with Gasteiger partial charge in [-0.15, -0.1) is 11.3 Å². The van der Waals surface area contributed by atoms with E-state index in [1.807, 2.05) is 12.1 Å². The molecule has 0 amide bonds. The van der Waals surface area contributed by atoms with E-state index in [1.54, 1.807) is 18.5 Å². The molecule has 3 rings (SSSR count). The summed E-state index contributed by atoms with van der Waals surface area (Å²) in [5, 5.41) is 11.5. The first-order chi connectivity index (χ1) is 8.74. The second-order valence-electron chi connectivity index (χ2n) is 3.67. The maximum Gasteiger partial charge on any atom is 0.270 e. The lowest BCUT2D eigenvalue weighted by Crippen LogP contribution is -1.87. The monoisotopic (exact) mass is 257 g/mol. The SMILES string of the molecule is O=[N+]([O-])c1cccc(-c2nc3cnccc3s2)c1. The molecule has 0 aliphatic rings. The van der Waals surface area contributed by atoms with Crippen LogP contribution >= 0.6 is 11.3 Å². The summed E-state index contributed by atoms with van der Waals surface area (Å²) >= 11 is 1.50. The predicted octanol–water partition coefficient (Wildman–Crippen LogP) is 3.27. The van der Waals surface area contributed by atoms with Gasteiger partial charge in [0.25, 0.3) is 5.69 Å². The Morgan fingerprint density at radius 3 is 2.94 bits per heavy atom. The average molecular weight is 257 g/mol. The molecule has 0 bridgehead atoms. The van der Waals surface area contributed by atoms with Crippen LogP contribution in [0.25, 0.3) is 20.8 Å². The zero-order chi connectivity index (χ0) is 12.5. The van der Waals surface area contributed by atoms with E-state index in [9.17, 15) is 10.1 Å². The molecule has 0 radical (unpaired) electrons. The lowest BCUT2D eigenvalue weighted by Gasteiger charge is -1.95. The number of thiazole rings is 1. The van der Waals surface area contributed by atoms with Gasteiger partial charge < -0.3 is 0 Å². The topological polar surface area (TPSA) is 68.9 Å². The number of nitrogens with zero attached hydrogens (tertiary/aromatic N) is 3. The first kappa shape index (κ1) is 10.8. The number of pyridine rings is 1. The maximum atomic E-state index is 10.7. The van der Waals surface area contributed by atoms with Crippen molar-refractivity contribution < 1.29 is 4.92 Å². The Bertz CT molecular complexity index is 706. The van der Waals surface area contributed by atoms with Crippen molar-refractivity contribution in [3.05, 3.63) is 52.8 Å². The van der Waals surface area contributed by atoms with Crippen molar-refractivity contribution in [3.8, 4) is 10.6 Å². The summed E-state index contributed by atoms with van der Waals surface area (Å²) < 4.78 is 1.02. The molecule has 0 N–H and O–H groups in total. The summed E-state index contributed by atoms with van der Waals surface area (Å²) in [4.78, 5) is 18.7. The predicted molar refractivity (Wildman–Crippen MR) is 69.5 cm³/mol. The molecule has 0 saturated carbocycles. The van der Waals surface area contributed by atoms with Gasteiger partial charge in [-0.1, -0.05) is 12.1 Å². The third-order valence-electron chi connectivity index (χ3n) is 2.49. The summed E-state index contributed by atoms with van der Waals surface area (Å²) in [5.74, 6) is 0. The van der Waals surface area contributed by atoms with E-state index in [4.69, 9.17) is 0 Å². The molecular weight excluding hydrogens is 250 g/mol. The van der Waals surface area contributed by atoms with Gasteiger partial charge in [0.2, 0.25) is 0 Å². The molecule has 1 aromatic carbocycles. The minimum absolute atomic E-state index is 0.0740. The van der Waals surface area contributed by atoms with Crippen LogP contribution in [-0.2, 0) is 0 Å². The Labute approximate surface area is 106 Å². The van der Waals surface area contributed by atoms with E-state index in [2.05, 4.69) is 9.97 Å². The summed E-state index contributed by atoms with van der Waals surface area (Å²) in [6.07, 6.45) is 3.39. The number of nitro benzene ring substituents is 1. The van der Waals surface area contributed by atoms with E-state index >= 15 is 0 Å². The largest absolute Gasteiger partial charge is 0.270 e. The van der Waals surface area contributed by atoms with E-state index in [-0.39, 0.29) is 5.69 Å². The average Bonchev–Trinajstić information content (AvgIpc) is 2.82. The quantitative estimate of drug-likeness (QED) is 0.522. The molecule has 0 fully saturated rings. The van der Waals surface area contributed by atoms with Crippen LogP contribution in [0.5, 0.6) is 0 Å². The molecule has 18 heavy (non-hydrogen) atoms. The highest BCUT2D eigenvalue weighted by Crippen LogP contribution is 2.31. The fraction of sp³-hybridized carbons (Fsp3) is 0. The number of nitro groups is 1. The zero-order valence-electron chi connectivity index (χ0n) is 9.11. The third kappa shape index (κ3) is 1.82. The van der Waals surface area contributed by atoms with Crippen molar-refractivity contribution in [3.63, 3.8) is 0 Å². The molecule has 0 aliphatic heterocycles. The highest BCUT2D eigenvalue weighted by Gasteiger charge is 2.10. The standard InChI is InChI=1S/C12H7N3O2S/c16-15(17)9-3-1-2-8(6-9)12-14-10-7-13-5-4-11(10)18-12/h1-7H. The van der Waals surface area contributed by atoms with Crippen molar-refractivity contribution in [2.75, 3.05) is 0 Å². The molecule has 0 atom stereocenters. The fourth-order valence-corrected chi connectivity index (χ4v) is 2.58. The summed E-state index contributed by atoms with van der Waals surface area (Å²) in [7, 11) is 0. The molecule has 0 unspecified atom stereocenters. The number of fused-ring (bicyclic) bond motifs is 1. The van der Waals surface area contributed by atoms with Gasteiger partial charge in [-0.2, -0.15) is 0 Å². The number of hydrogen-bond donors (Lipinski definition) is 0. The van der Waals surface area contributed by atoms with E-state index in [0.717, 1.165) is 20.8 Å². The molecule has 6 heteroatoms. The number of hydrogen-bond acceptors (Lipinski definition) is 5. The van der Waals surface area contributed by atoms with Gasteiger partial charge in [0.1, 0.15) is 10.5 Å². The number of benzene rings is 1. The molecule has 3 aromatic rings. The van der Waals surface area contributed by atoms with Crippen molar-refractivity contribution >= 4 is 27.2 Å². The van der Waals surface area contributed by atoms with Crippen LogP contribution in [-0.4, -0.2) is 14.9 Å². The normalized spacial score (nSPS) is 10.7. The number of rotatable bonds is 2. The molecule has 2 aromatic heterocycles. The first-order valence-electron chi connectivity index (χ1n) is 5.19. The minimum atomic E-state index is -0.404. The van der Waals surface area contributed by atoms with Crippen molar-refractivity contribution in [2.45, 2.75) is 0 Å². The Balaban J connectivity index is 2.13. The van der Waals surface area contributed by atoms with Crippen molar-refractivity contribution in [2.24, 2.45) is 0 Å². The van der Waals surface area contributed by atoms with Gasteiger partial charge in [-0.05, 0) is 6.07 Å². The molecule has 2 heterocycles. The van der Waals surface area contributed by atoms with Gasteiger partial charge >= 0.3 is 0 Å². The lowest BCUT2D eigenvalue weighted by atomic mass is 10.2. The van der Waals surface area contributed by atoms with Gasteiger partial charge in [0.05, 0.1) is 15.8 Å². The van der Waals surface area contributed by atoms with E-state index < -0.39 is 4.92 Å². The summed E-state index contributed by atoms with van der Waals surface area (Å²) in [6, 6.07) is 8.37. The highest BCUT2D eigenvalue weighted by molar-refractivity contribution is 7.21. The van der Waals surface area contributed by atoms with Crippen LogP contribution in [0, 0.1) is 10.1 Å². The van der Waals surface area contributed by atoms with Crippen molar-refractivity contribution in [1.82, 2.24) is 9.97 Å². The molecule has 88 valence electrons. The number of non-ortho nitro benzene ring substituents is 1. The Morgan fingerprint density at radius 1 is 1.28 bits per heavy atom. The van der Waals surface area contributed by atoms with Crippen LogP contribution in [0.2, 0.25) is 0 Å². The van der Waals surface area contributed by atoms with Crippen LogP contribution in [0.1, 0.15) is 0 Å². The molecule has 0 spiro atoms. The van der Waals surface area contributed by atoms with Crippen LogP contribution < -0.4 is 0 Å². The van der Waals surface area contributed by atoms with Crippen molar-refractivity contribution in [1.29, 1.82) is 0 Å². The molecule has 0 saturated heterocycles. The molecule has 0 aliphatic carbocycles. The summed E-state index contributed by atoms with van der Waals surface area (Å²) in [5.41, 5.74) is 1.64. The fourth-order valence-electron chi connectivity index (χ4n) is 1.66. The Hall–Kier alpha value is -2.34. The second kappa shape index (κ2) is 4.15. The summed E-state index contributed by atoms with van der Waals surface area (Å²) in [6.45, 7) is 0. The lowest BCUT2D eigenvalue weighted by molar-refractivity contribution is -0.384. The zero-order valence-corrected chi connectivity index (χ0v) is 9.92. The van der Waals surface area contributed by atoms with Gasteiger partial charge in [-0.3, -0.25) is 15.1 Å². The Morgan fingerprint density at radius 2 is 2.17 bits per heavy atom. The number of aromatic nitrogens is 2. The van der Waals surface area contributed by atoms with Crippen LogP contribution in [0.3, 0.4) is 0 Å². The Kier molecular flexibility index (Phi) is 2.49. The minimum Gasteiger partial charge on any atom is -0.262 e. The maximum absolute atomic E-state index is 10.7. The molecular formula is C12H7N3O2S. The molecule has 5 nitrogen and oxygen atoms in total. The van der Waals surface area contributed by atoms with E-state index in [0.29, 0.717) is 0 Å². The van der Waals surface area contributed by atoms with Gasteiger partial charge in [0.15, 0.2) is 0 Å². The van der Waals surface area contributed by atoms with Crippen LogP contribution in [0.4, 0.5) is 5.69 Å². The third-order valence-corrected chi connectivity index (χ3v) is 3.58. The second-order valence-corrected chi connectivity index (χ2v) is 4.70. The first-order valence-corrected chi connectivity index (χ1v) is 6.01. The van der Waals surface area contributed by atoms with E-state index in [1.165, 1.54) is 23.5 Å².